The number of sulfonamides is 1. The van der Waals surface area contributed by atoms with Crippen LogP contribution in [0.2, 0.25) is 0 Å². The zero-order valence-electron chi connectivity index (χ0n) is 14.4. The minimum atomic E-state index is -3.41. The van der Waals surface area contributed by atoms with Crippen LogP contribution in [0.3, 0.4) is 0 Å². The molecule has 25 heavy (non-hydrogen) atoms. The van der Waals surface area contributed by atoms with E-state index in [0.29, 0.717) is 29.3 Å². The fourth-order valence-electron chi connectivity index (χ4n) is 2.70. The van der Waals surface area contributed by atoms with Crippen LogP contribution in [0.5, 0.6) is 5.75 Å². The Labute approximate surface area is 147 Å². The molecule has 7 heteroatoms. The van der Waals surface area contributed by atoms with Gasteiger partial charge in [-0.05, 0) is 55.3 Å². The van der Waals surface area contributed by atoms with Crippen LogP contribution in [0.25, 0.3) is 0 Å². The minimum absolute atomic E-state index is 0.245. The van der Waals surface area contributed by atoms with E-state index in [4.69, 9.17) is 4.74 Å². The van der Waals surface area contributed by atoms with Crippen molar-refractivity contribution < 1.29 is 17.9 Å². The molecule has 1 heterocycles. The highest BCUT2D eigenvalue weighted by Gasteiger charge is 2.25. The summed E-state index contributed by atoms with van der Waals surface area (Å²) in [6, 6.07) is 10.5. The number of hydrogen-bond acceptors (Lipinski definition) is 4. The predicted molar refractivity (Wildman–Crippen MR) is 98.0 cm³/mol. The molecule has 0 aromatic heterocycles. The third-order valence-corrected chi connectivity index (χ3v) is 5.39. The van der Waals surface area contributed by atoms with E-state index in [1.54, 1.807) is 24.3 Å². The number of amides is 1. The molecule has 0 spiro atoms. The van der Waals surface area contributed by atoms with E-state index in [2.05, 4.69) is 5.32 Å². The lowest BCUT2D eigenvalue weighted by molar-refractivity contribution is 0.102. The number of fused-ring (bicyclic) bond motifs is 1. The fourth-order valence-corrected chi connectivity index (χ4v) is 3.61. The van der Waals surface area contributed by atoms with Crippen LogP contribution in [-0.2, 0) is 10.0 Å². The molecule has 1 amide bonds. The van der Waals surface area contributed by atoms with Crippen LogP contribution in [0.1, 0.15) is 21.5 Å². The number of carbonyl (C=O) groups is 1. The molecule has 1 aliphatic rings. The monoisotopic (exact) mass is 360 g/mol. The second-order valence-electron chi connectivity index (χ2n) is 6.12. The first-order valence-electron chi connectivity index (χ1n) is 7.89. The van der Waals surface area contributed by atoms with E-state index in [9.17, 15) is 13.2 Å². The third kappa shape index (κ3) is 3.61. The van der Waals surface area contributed by atoms with Gasteiger partial charge in [0.05, 0.1) is 18.5 Å². The van der Waals surface area contributed by atoms with Crippen molar-refractivity contribution in [3.05, 3.63) is 53.1 Å². The van der Waals surface area contributed by atoms with Crippen molar-refractivity contribution in [2.75, 3.05) is 29.0 Å². The van der Waals surface area contributed by atoms with Gasteiger partial charge in [-0.15, -0.1) is 0 Å². The quantitative estimate of drug-likeness (QED) is 0.913. The Hall–Kier alpha value is -2.54. The Kier molecular flexibility index (Phi) is 4.43. The Morgan fingerprint density at radius 1 is 1.12 bits per heavy atom. The van der Waals surface area contributed by atoms with Crippen molar-refractivity contribution in [1.29, 1.82) is 0 Å². The van der Waals surface area contributed by atoms with Gasteiger partial charge in [0, 0.05) is 11.3 Å². The summed E-state index contributed by atoms with van der Waals surface area (Å²) in [7, 11) is -3.41. The van der Waals surface area contributed by atoms with Gasteiger partial charge in [0.2, 0.25) is 10.0 Å². The van der Waals surface area contributed by atoms with Crippen LogP contribution in [0, 0.1) is 13.8 Å². The molecule has 1 N–H and O–H groups in total. The molecular formula is C18H20N2O4S. The second-order valence-corrected chi connectivity index (χ2v) is 8.03. The largest absolute Gasteiger partial charge is 0.489 e. The van der Waals surface area contributed by atoms with Crippen molar-refractivity contribution in [2.24, 2.45) is 0 Å². The Morgan fingerprint density at radius 3 is 2.56 bits per heavy atom. The lowest BCUT2D eigenvalue weighted by atomic mass is 10.1. The first-order valence-corrected chi connectivity index (χ1v) is 9.74. The Balaban J connectivity index is 1.89. The van der Waals surface area contributed by atoms with Crippen molar-refractivity contribution in [3.63, 3.8) is 0 Å². The van der Waals surface area contributed by atoms with Crippen LogP contribution in [0.15, 0.2) is 36.4 Å². The summed E-state index contributed by atoms with van der Waals surface area (Å²) in [6.07, 6.45) is 1.16. The first-order chi connectivity index (χ1) is 11.8. The number of benzene rings is 2. The summed E-state index contributed by atoms with van der Waals surface area (Å²) in [5.74, 6) is 0.242. The number of nitrogens with zero attached hydrogens (tertiary/aromatic N) is 1. The maximum absolute atomic E-state index is 12.4. The smallest absolute Gasteiger partial charge is 0.255 e. The summed E-state index contributed by atoms with van der Waals surface area (Å²) in [5.41, 5.74) is 3.66. The molecule has 0 unspecified atom stereocenters. The van der Waals surface area contributed by atoms with E-state index in [1.165, 1.54) is 4.31 Å². The molecule has 1 aliphatic heterocycles. The highest BCUT2D eigenvalue weighted by Crippen LogP contribution is 2.35. The van der Waals surface area contributed by atoms with E-state index < -0.39 is 10.0 Å². The molecule has 0 saturated heterocycles. The van der Waals surface area contributed by atoms with Crippen LogP contribution in [0.4, 0.5) is 11.4 Å². The van der Waals surface area contributed by atoms with Gasteiger partial charge in [-0.2, -0.15) is 0 Å². The van der Waals surface area contributed by atoms with Gasteiger partial charge in [-0.25, -0.2) is 8.42 Å². The maximum Gasteiger partial charge on any atom is 0.255 e. The van der Waals surface area contributed by atoms with Gasteiger partial charge in [0.25, 0.3) is 5.91 Å². The molecule has 0 atom stereocenters. The molecule has 0 saturated carbocycles. The summed E-state index contributed by atoms with van der Waals surface area (Å²) in [4.78, 5) is 12.4. The van der Waals surface area contributed by atoms with Gasteiger partial charge < -0.3 is 10.1 Å². The Morgan fingerprint density at radius 2 is 1.88 bits per heavy atom. The SMILES string of the molecule is Cc1ccc(C(=O)Nc2ccc3c(c2)N(S(C)(=O)=O)CCO3)cc1C. The number of ether oxygens (including phenoxy) is 1. The standard InChI is InChI=1S/C18H20N2O4S/c1-12-4-5-14(10-13(12)2)18(21)19-15-6-7-17-16(11-15)20(8-9-24-17)25(3,22)23/h4-7,10-11H,8-9H2,1-3H3,(H,19,21). The molecule has 2 aromatic rings. The van der Waals surface area contributed by atoms with Crippen LogP contribution >= 0.6 is 0 Å². The van der Waals surface area contributed by atoms with Gasteiger partial charge in [-0.1, -0.05) is 6.07 Å². The number of anilines is 2. The van der Waals surface area contributed by atoms with E-state index in [-0.39, 0.29) is 12.5 Å². The summed E-state index contributed by atoms with van der Waals surface area (Å²) in [6.45, 7) is 4.49. The molecular weight excluding hydrogens is 340 g/mol. The molecule has 2 aromatic carbocycles. The van der Waals surface area contributed by atoms with Gasteiger partial charge in [0.15, 0.2) is 0 Å². The molecule has 0 fully saturated rings. The average molecular weight is 360 g/mol. The van der Waals surface area contributed by atoms with Gasteiger partial charge in [-0.3, -0.25) is 9.10 Å². The third-order valence-electron chi connectivity index (χ3n) is 4.21. The molecule has 0 radical (unpaired) electrons. The van der Waals surface area contributed by atoms with Gasteiger partial charge >= 0.3 is 0 Å². The van der Waals surface area contributed by atoms with Crippen molar-refractivity contribution in [2.45, 2.75) is 13.8 Å². The average Bonchev–Trinajstić information content (AvgIpc) is 2.55. The lowest BCUT2D eigenvalue weighted by Crippen LogP contribution is -2.37. The maximum atomic E-state index is 12.4. The molecule has 6 nitrogen and oxygen atoms in total. The Bertz CT molecular complexity index is 938. The molecule has 132 valence electrons. The van der Waals surface area contributed by atoms with E-state index in [1.807, 2.05) is 26.0 Å². The molecule has 0 aliphatic carbocycles. The molecule has 0 bridgehead atoms. The predicted octanol–water partition coefficient (Wildman–Crippen LogP) is 2.71. The van der Waals surface area contributed by atoms with E-state index >= 15 is 0 Å². The lowest BCUT2D eigenvalue weighted by Gasteiger charge is -2.29. The summed E-state index contributed by atoms with van der Waals surface area (Å²) >= 11 is 0. The number of nitrogens with one attached hydrogen (secondary N) is 1. The number of hydrogen-bond donors (Lipinski definition) is 1. The first kappa shape index (κ1) is 17.3. The van der Waals surface area contributed by atoms with Gasteiger partial charge in [0.1, 0.15) is 12.4 Å². The van der Waals surface area contributed by atoms with Crippen LogP contribution in [-0.4, -0.2) is 33.7 Å². The van der Waals surface area contributed by atoms with Crippen molar-refractivity contribution >= 4 is 27.3 Å². The zero-order valence-corrected chi connectivity index (χ0v) is 15.2. The second kappa shape index (κ2) is 6.40. The topological polar surface area (TPSA) is 75.7 Å². The minimum Gasteiger partial charge on any atom is -0.489 e. The summed E-state index contributed by atoms with van der Waals surface area (Å²) in [5, 5.41) is 2.81. The highest BCUT2D eigenvalue weighted by molar-refractivity contribution is 7.92. The number of rotatable bonds is 3. The fraction of sp³-hybridized carbons (Fsp3) is 0.278. The zero-order chi connectivity index (χ0) is 18.2. The normalized spacial score (nSPS) is 13.8. The van der Waals surface area contributed by atoms with Crippen LogP contribution < -0.4 is 14.4 Å². The van der Waals surface area contributed by atoms with Crippen molar-refractivity contribution in [3.8, 4) is 5.75 Å². The summed E-state index contributed by atoms with van der Waals surface area (Å²) < 4.78 is 30.7. The number of aryl methyl sites for hydroxylation is 2. The molecule has 3 rings (SSSR count). The number of carbonyl (C=O) groups excluding carboxylic acids is 1. The van der Waals surface area contributed by atoms with Crippen molar-refractivity contribution in [1.82, 2.24) is 0 Å². The highest BCUT2D eigenvalue weighted by atomic mass is 32.2. The van der Waals surface area contributed by atoms with E-state index in [0.717, 1.165) is 17.4 Å².